The summed E-state index contributed by atoms with van der Waals surface area (Å²) >= 11 is 0. The first-order chi connectivity index (χ1) is 13.1. The van der Waals surface area contributed by atoms with Crippen molar-refractivity contribution in [3.05, 3.63) is 23.8 Å². The first kappa shape index (κ1) is 20.0. The Bertz CT molecular complexity index is 809. The third-order valence-electron chi connectivity index (χ3n) is 4.64. The monoisotopic (exact) mass is 389 g/mol. The zero-order valence-electron chi connectivity index (χ0n) is 17.0. The Morgan fingerprint density at radius 1 is 1.25 bits per heavy atom. The minimum Gasteiger partial charge on any atom is -0.497 e. The summed E-state index contributed by atoms with van der Waals surface area (Å²) in [5, 5.41) is 2.66. The van der Waals surface area contributed by atoms with Crippen LogP contribution in [0.1, 0.15) is 45.6 Å². The number of hydrogen-bond donors (Lipinski definition) is 1. The molecule has 3 rings (SSSR count). The molecule has 1 aliphatic carbocycles. The average Bonchev–Trinajstić information content (AvgIpc) is 3.34. The van der Waals surface area contributed by atoms with E-state index in [1.54, 1.807) is 47.1 Å². The predicted molar refractivity (Wildman–Crippen MR) is 103 cm³/mol. The molecule has 0 aromatic heterocycles. The molecule has 1 N–H and O–H groups in total. The highest BCUT2D eigenvalue weighted by Gasteiger charge is 2.49. The average molecular weight is 389 g/mol. The summed E-state index contributed by atoms with van der Waals surface area (Å²) in [6, 6.07) is 5.38. The van der Waals surface area contributed by atoms with Crippen LogP contribution in [-0.4, -0.2) is 48.2 Å². The van der Waals surface area contributed by atoms with E-state index in [9.17, 15) is 9.59 Å². The molecule has 1 fully saturated rings. The van der Waals surface area contributed by atoms with E-state index in [0.717, 1.165) is 18.4 Å². The van der Waals surface area contributed by atoms with Crippen LogP contribution in [0.25, 0.3) is 0 Å². The molecule has 0 radical (unpaired) electrons. The summed E-state index contributed by atoms with van der Waals surface area (Å²) in [7, 11) is 3.14. The van der Waals surface area contributed by atoms with Crippen molar-refractivity contribution >= 4 is 18.0 Å². The van der Waals surface area contributed by atoms with Gasteiger partial charge in [-0.1, -0.05) is 0 Å². The van der Waals surface area contributed by atoms with Gasteiger partial charge in [-0.3, -0.25) is 15.0 Å². The number of guanidine groups is 1. The van der Waals surface area contributed by atoms with Gasteiger partial charge in [-0.05, 0) is 45.7 Å². The highest BCUT2D eigenvalue weighted by Crippen LogP contribution is 2.45. The van der Waals surface area contributed by atoms with E-state index >= 15 is 0 Å². The van der Waals surface area contributed by atoms with Crippen molar-refractivity contribution in [1.29, 1.82) is 0 Å². The van der Waals surface area contributed by atoms with Crippen LogP contribution in [-0.2, 0) is 16.1 Å². The molecular formula is C20H27N3O5. The molecule has 1 heterocycles. The van der Waals surface area contributed by atoms with Gasteiger partial charge in [0.25, 0.3) is 0 Å². The van der Waals surface area contributed by atoms with Gasteiger partial charge in [-0.2, -0.15) is 0 Å². The number of methoxy groups -OCH3 is 2. The molecule has 1 aromatic rings. The third kappa shape index (κ3) is 4.55. The summed E-state index contributed by atoms with van der Waals surface area (Å²) < 4.78 is 16.0. The van der Waals surface area contributed by atoms with Crippen LogP contribution >= 0.6 is 0 Å². The van der Waals surface area contributed by atoms with Gasteiger partial charge in [0.1, 0.15) is 17.1 Å². The summed E-state index contributed by atoms with van der Waals surface area (Å²) in [4.78, 5) is 31.2. The molecule has 2 aliphatic rings. The van der Waals surface area contributed by atoms with Crippen molar-refractivity contribution in [3.63, 3.8) is 0 Å². The summed E-state index contributed by atoms with van der Waals surface area (Å²) in [6.07, 6.45) is 1.39. The fraction of sp³-hybridized carbons (Fsp3) is 0.550. The number of alkyl carbamates (subject to hydrolysis) is 1. The lowest BCUT2D eigenvalue weighted by atomic mass is 10.1. The van der Waals surface area contributed by atoms with E-state index in [1.807, 2.05) is 6.07 Å². The molecule has 0 saturated heterocycles. The molecule has 1 aliphatic heterocycles. The molecule has 152 valence electrons. The van der Waals surface area contributed by atoms with Crippen LogP contribution in [0.5, 0.6) is 11.5 Å². The van der Waals surface area contributed by atoms with Crippen LogP contribution in [0.4, 0.5) is 4.79 Å². The number of nitrogens with one attached hydrogen (secondary N) is 1. The lowest BCUT2D eigenvalue weighted by Gasteiger charge is -2.32. The maximum absolute atomic E-state index is 12.8. The molecule has 28 heavy (non-hydrogen) atoms. The second-order valence-corrected chi connectivity index (χ2v) is 8.12. The van der Waals surface area contributed by atoms with E-state index in [2.05, 4.69) is 10.3 Å². The molecule has 1 spiro atoms. The van der Waals surface area contributed by atoms with Crippen LogP contribution in [0.3, 0.4) is 0 Å². The fourth-order valence-corrected chi connectivity index (χ4v) is 3.06. The summed E-state index contributed by atoms with van der Waals surface area (Å²) in [5.74, 6) is 1.39. The molecule has 8 heteroatoms. The Morgan fingerprint density at radius 3 is 2.54 bits per heavy atom. The van der Waals surface area contributed by atoms with Crippen LogP contribution in [0.15, 0.2) is 23.2 Å². The van der Waals surface area contributed by atoms with Gasteiger partial charge in [-0.15, -0.1) is 0 Å². The number of carbonyl (C=O) groups is 2. The minimum absolute atomic E-state index is 0.0866. The molecule has 8 nitrogen and oxygen atoms in total. The normalized spacial score (nSPS) is 17.8. The first-order valence-electron chi connectivity index (χ1n) is 9.26. The van der Waals surface area contributed by atoms with Gasteiger partial charge in [-0.25, -0.2) is 9.79 Å². The van der Waals surface area contributed by atoms with Gasteiger partial charge in [0.2, 0.25) is 11.9 Å². The van der Waals surface area contributed by atoms with Crippen LogP contribution < -0.4 is 14.8 Å². The second kappa shape index (κ2) is 7.33. The van der Waals surface area contributed by atoms with Gasteiger partial charge in [0.05, 0.1) is 32.7 Å². The molecular weight excluding hydrogens is 362 g/mol. The number of ether oxygens (including phenoxy) is 3. The Labute approximate surface area is 164 Å². The third-order valence-corrected chi connectivity index (χ3v) is 4.64. The van der Waals surface area contributed by atoms with Crippen molar-refractivity contribution in [2.24, 2.45) is 4.99 Å². The maximum Gasteiger partial charge on any atom is 0.414 e. The zero-order valence-corrected chi connectivity index (χ0v) is 17.0. The fourth-order valence-electron chi connectivity index (χ4n) is 3.06. The Kier molecular flexibility index (Phi) is 5.23. The van der Waals surface area contributed by atoms with Crippen molar-refractivity contribution in [1.82, 2.24) is 10.2 Å². The Balaban J connectivity index is 1.85. The lowest BCUT2D eigenvalue weighted by molar-refractivity contribution is -0.129. The molecule has 0 atom stereocenters. The maximum atomic E-state index is 12.8. The van der Waals surface area contributed by atoms with E-state index in [-0.39, 0.29) is 24.0 Å². The van der Waals surface area contributed by atoms with Crippen molar-refractivity contribution in [2.75, 3.05) is 14.2 Å². The van der Waals surface area contributed by atoms with Gasteiger partial charge in [0.15, 0.2) is 0 Å². The predicted octanol–water partition coefficient (Wildman–Crippen LogP) is 2.85. The number of aliphatic imine (C=N–C) groups is 1. The van der Waals surface area contributed by atoms with E-state index < -0.39 is 11.7 Å². The first-order valence-corrected chi connectivity index (χ1v) is 9.26. The summed E-state index contributed by atoms with van der Waals surface area (Å²) in [6.45, 7) is 5.56. The van der Waals surface area contributed by atoms with Gasteiger partial charge in [0, 0.05) is 11.6 Å². The minimum atomic E-state index is -0.648. The Morgan fingerprint density at radius 2 is 1.96 bits per heavy atom. The number of rotatable bonds is 4. The highest BCUT2D eigenvalue weighted by molar-refractivity contribution is 6.05. The number of carbonyl (C=O) groups excluding carboxylic acids is 2. The van der Waals surface area contributed by atoms with Crippen molar-refractivity contribution in [2.45, 2.75) is 57.7 Å². The summed E-state index contributed by atoms with van der Waals surface area (Å²) in [5.41, 5.74) is -0.242. The lowest BCUT2D eigenvalue weighted by Crippen LogP contribution is -2.52. The van der Waals surface area contributed by atoms with E-state index in [1.165, 1.54) is 4.90 Å². The molecule has 2 amide bonds. The van der Waals surface area contributed by atoms with Crippen molar-refractivity contribution < 1.29 is 23.8 Å². The van der Waals surface area contributed by atoms with Crippen molar-refractivity contribution in [3.8, 4) is 11.5 Å². The highest BCUT2D eigenvalue weighted by atomic mass is 16.6. The van der Waals surface area contributed by atoms with Gasteiger partial charge < -0.3 is 14.2 Å². The topological polar surface area (TPSA) is 89.5 Å². The molecule has 1 aromatic carbocycles. The Hall–Kier alpha value is -2.77. The second-order valence-electron chi connectivity index (χ2n) is 8.12. The van der Waals surface area contributed by atoms with E-state index in [0.29, 0.717) is 17.9 Å². The smallest absolute Gasteiger partial charge is 0.414 e. The van der Waals surface area contributed by atoms with Gasteiger partial charge >= 0.3 is 6.09 Å². The standard InChI is InChI=1S/C20H27N3O5/c1-19(2,3)28-18(25)21-17-22-20(8-9-20)11-16(24)23(17)12-13-6-7-14(26-4)10-15(13)27-5/h6-7,10H,8-9,11-12H2,1-5H3,(H,21,22,25). The number of nitrogens with zero attached hydrogens (tertiary/aromatic N) is 2. The molecule has 0 bridgehead atoms. The van der Waals surface area contributed by atoms with Crippen LogP contribution in [0.2, 0.25) is 0 Å². The van der Waals surface area contributed by atoms with Crippen LogP contribution in [0, 0.1) is 0 Å². The number of benzene rings is 1. The largest absolute Gasteiger partial charge is 0.497 e. The van der Waals surface area contributed by atoms with E-state index in [4.69, 9.17) is 14.2 Å². The number of amides is 2. The number of hydrogen-bond acceptors (Lipinski definition) is 6. The molecule has 0 unspecified atom stereocenters. The molecule has 1 saturated carbocycles. The quantitative estimate of drug-likeness (QED) is 0.855. The zero-order chi connectivity index (χ0) is 20.5. The SMILES string of the molecule is COc1ccc(CN2C(=O)CC3(CC3)N=C2NC(=O)OC(C)(C)C)c(OC)c1.